The van der Waals surface area contributed by atoms with Gasteiger partial charge in [0.15, 0.2) is 0 Å². The van der Waals surface area contributed by atoms with Crippen molar-refractivity contribution in [3.63, 3.8) is 0 Å². The molecule has 0 aliphatic rings. The van der Waals surface area contributed by atoms with E-state index in [1.165, 1.54) is 5.01 Å². The van der Waals surface area contributed by atoms with Gasteiger partial charge in [0.1, 0.15) is 5.92 Å². The number of amides is 1. The van der Waals surface area contributed by atoms with Crippen LogP contribution in [0.15, 0.2) is 60.7 Å². The molecule has 0 saturated heterocycles. The number of anilines is 2. The molecule has 1 atom stereocenters. The van der Waals surface area contributed by atoms with Crippen molar-refractivity contribution in [2.75, 3.05) is 10.4 Å². The van der Waals surface area contributed by atoms with Crippen molar-refractivity contribution >= 4 is 23.3 Å². The minimum absolute atomic E-state index is 0.509. The number of rotatable bonds is 5. The van der Waals surface area contributed by atoms with Gasteiger partial charge in [0.25, 0.3) is 5.91 Å². The molecule has 24 heavy (non-hydrogen) atoms. The van der Waals surface area contributed by atoms with Crippen molar-refractivity contribution in [1.29, 1.82) is 0 Å². The topological polar surface area (TPSA) is 69.6 Å². The Morgan fingerprint density at radius 1 is 0.958 bits per heavy atom. The number of carbonyl (C=O) groups is 2. The maximum absolute atomic E-state index is 13.0. The molecule has 0 radical (unpaired) electrons. The highest BCUT2D eigenvalue weighted by molar-refractivity contribution is 6.07. The number of hydrogen-bond donors (Lipinski definition) is 2. The van der Waals surface area contributed by atoms with E-state index in [1.54, 1.807) is 45.0 Å². The largest absolute Gasteiger partial charge is 0.481 e. The van der Waals surface area contributed by atoms with E-state index in [1.807, 2.05) is 36.4 Å². The molecule has 2 aromatic rings. The summed E-state index contributed by atoms with van der Waals surface area (Å²) in [7, 11) is 0. The molecule has 0 aromatic heterocycles. The van der Waals surface area contributed by atoms with Crippen LogP contribution in [0, 0.1) is 11.3 Å². The zero-order chi connectivity index (χ0) is 17.7. The van der Waals surface area contributed by atoms with Gasteiger partial charge in [0.05, 0.1) is 11.4 Å². The van der Waals surface area contributed by atoms with Crippen LogP contribution in [0.1, 0.15) is 20.8 Å². The Morgan fingerprint density at radius 3 is 1.92 bits per heavy atom. The highest BCUT2D eigenvalue weighted by Crippen LogP contribution is 2.30. The van der Waals surface area contributed by atoms with E-state index < -0.39 is 23.2 Å². The fraction of sp³-hybridized carbons (Fsp3) is 0.263. The summed E-state index contributed by atoms with van der Waals surface area (Å²) < 4.78 is 0. The zero-order valence-electron chi connectivity index (χ0n) is 14.1. The van der Waals surface area contributed by atoms with Gasteiger partial charge in [-0.05, 0) is 29.7 Å². The van der Waals surface area contributed by atoms with Gasteiger partial charge in [-0.25, -0.2) is 5.01 Å². The van der Waals surface area contributed by atoms with Crippen LogP contribution in [-0.2, 0) is 9.59 Å². The Balaban J connectivity index is 2.42. The minimum atomic E-state index is -1.17. The van der Waals surface area contributed by atoms with Crippen LogP contribution in [0.2, 0.25) is 0 Å². The molecule has 0 heterocycles. The number of carbonyl (C=O) groups excluding carboxylic acids is 1. The van der Waals surface area contributed by atoms with E-state index in [2.05, 4.69) is 5.43 Å². The second kappa shape index (κ2) is 7.17. The molecule has 5 heteroatoms. The van der Waals surface area contributed by atoms with Crippen LogP contribution in [0.3, 0.4) is 0 Å². The highest BCUT2D eigenvalue weighted by Gasteiger charge is 2.41. The van der Waals surface area contributed by atoms with Crippen molar-refractivity contribution in [3.8, 4) is 0 Å². The third-order valence-electron chi connectivity index (χ3n) is 3.61. The Labute approximate surface area is 141 Å². The molecule has 0 saturated carbocycles. The minimum Gasteiger partial charge on any atom is -0.481 e. The van der Waals surface area contributed by atoms with Gasteiger partial charge in [-0.1, -0.05) is 57.2 Å². The lowest BCUT2D eigenvalue weighted by Crippen LogP contribution is -2.47. The first-order valence-electron chi connectivity index (χ1n) is 7.74. The summed E-state index contributed by atoms with van der Waals surface area (Å²) in [5.41, 5.74) is 3.60. The van der Waals surface area contributed by atoms with Crippen molar-refractivity contribution in [2.45, 2.75) is 20.8 Å². The molecule has 2 N–H and O–H groups in total. The number of carboxylic acids is 1. The average molecular weight is 326 g/mol. The molecule has 0 aliphatic carbocycles. The predicted molar refractivity (Wildman–Crippen MR) is 94.6 cm³/mol. The molecule has 0 fully saturated rings. The molecule has 1 unspecified atom stereocenters. The van der Waals surface area contributed by atoms with Gasteiger partial charge in [-0.2, -0.15) is 0 Å². The molecular weight excluding hydrogens is 304 g/mol. The number of carboxylic acid groups (broad SMARTS) is 1. The highest BCUT2D eigenvalue weighted by atomic mass is 16.4. The van der Waals surface area contributed by atoms with E-state index in [4.69, 9.17) is 0 Å². The van der Waals surface area contributed by atoms with E-state index >= 15 is 0 Å². The van der Waals surface area contributed by atoms with E-state index in [-0.39, 0.29) is 0 Å². The van der Waals surface area contributed by atoms with E-state index in [9.17, 15) is 14.7 Å². The fourth-order valence-corrected chi connectivity index (χ4v) is 2.44. The van der Waals surface area contributed by atoms with Crippen LogP contribution in [0.25, 0.3) is 0 Å². The second-order valence-corrected chi connectivity index (χ2v) is 6.62. The molecule has 0 bridgehead atoms. The fourth-order valence-electron chi connectivity index (χ4n) is 2.44. The van der Waals surface area contributed by atoms with E-state index in [0.29, 0.717) is 11.4 Å². The van der Waals surface area contributed by atoms with Gasteiger partial charge in [-0.3, -0.25) is 15.0 Å². The van der Waals surface area contributed by atoms with Gasteiger partial charge in [-0.15, -0.1) is 0 Å². The zero-order valence-corrected chi connectivity index (χ0v) is 14.1. The van der Waals surface area contributed by atoms with Crippen LogP contribution >= 0.6 is 0 Å². The lowest BCUT2D eigenvalue weighted by molar-refractivity contribution is -0.150. The first kappa shape index (κ1) is 17.5. The summed E-state index contributed by atoms with van der Waals surface area (Å²) in [4.78, 5) is 24.7. The monoisotopic (exact) mass is 326 g/mol. The third-order valence-corrected chi connectivity index (χ3v) is 3.61. The lowest BCUT2D eigenvalue weighted by atomic mass is 9.80. The number of hydrazine groups is 1. The normalized spacial score (nSPS) is 12.3. The molecule has 2 aromatic carbocycles. The third kappa shape index (κ3) is 4.13. The number of benzene rings is 2. The lowest BCUT2D eigenvalue weighted by Gasteiger charge is -2.32. The number of nitrogens with one attached hydrogen (secondary N) is 1. The molecule has 126 valence electrons. The first-order chi connectivity index (χ1) is 11.3. The standard InChI is InChI=1S/C19H22N2O3/c1-19(2,3)16(18(23)24)17(22)21(15-12-8-5-9-13-15)20-14-10-6-4-7-11-14/h4-13,16,20H,1-3H3,(H,23,24). The van der Waals surface area contributed by atoms with Crippen molar-refractivity contribution in [2.24, 2.45) is 11.3 Å². The van der Waals surface area contributed by atoms with Gasteiger partial charge in [0.2, 0.25) is 0 Å². The van der Waals surface area contributed by atoms with Crippen LogP contribution in [0.5, 0.6) is 0 Å². The molecule has 2 rings (SSSR count). The van der Waals surface area contributed by atoms with Crippen LogP contribution in [0.4, 0.5) is 11.4 Å². The summed E-state index contributed by atoms with van der Waals surface area (Å²) in [5, 5.41) is 10.9. The number of para-hydroxylation sites is 2. The van der Waals surface area contributed by atoms with E-state index in [0.717, 1.165) is 0 Å². The molecule has 5 nitrogen and oxygen atoms in total. The van der Waals surface area contributed by atoms with Gasteiger partial charge >= 0.3 is 5.97 Å². The number of nitrogens with zero attached hydrogens (tertiary/aromatic N) is 1. The maximum atomic E-state index is 13.0. The SMILES string of the molecule is CC(C)(C)C(C(=O)O)C(=O)N(Nc1ccccc1)c1ccccc1. The van der Waals surface area contributed by atoms with Crippen LogP contribution < -0.4 is 10.4 Å². The summed E-state index contributed by atoms with van der Waals surface area (Å²) in [6.07, 6.45) is 0. The van der Waals surface area contributed by atoms with Gasteiger partial charge < -0.3 is 5.11 Å². The van der Waals surface area contributed by atoms with Crippen LogP contribution in [-0.4, -0.2) is 17.0 Å². The molecule has 0 aliphatic heterocycles. The van der Waals surface area contributed by atoms with Crippen molar-refractivity contribution in [1.82, 2.24) is 0 Å². The predicted octanol–water partition coefficient (Wildman–Crippen LogP) is 3.79. The van der Waals surface area contributed by atoms with Crippen molar-refractivity contribution < 1.29 is 14.7 Å². The maximum Gasteiger partial charge on any atom is 0.316 e. The summed E-state index contributed by atoms with van der Waals surface area (Å²) >= 11 is 0. The summed E-state index contributed by atoms with van der Waals surface area (Å²) in [6, 6.07) is 18.1. The molecule has 0 spiro atoms. The van der Waals surface area contributed by atoms with Gasteiger partial charge in [0, 0.05) is 0 Å². The quantitative estimate of drug-likeness (QED) is 0.648. The first-order valence-corrected chi connectivity index (χ1v) is 7.74. The van der Waals surface area contributed by atoms with Crippen molar-refractivity contribution in [3.05, 3.63) is 60.7 Å². The molecular formula is C19H22N2O3. The molecule has 1 amide bonds. The Bertz CT molecular complexity index is 694. The average Bonchev–Trinajstić information content (AvgIpc) is 2.52. The smallest absolute Gasteiger partial charge is 0.316 e. The second-order valence-electron chi connectivity index (χ2n) is 6.62. The summed E-state index contributed by atoms with van der Waals surface area (Å²) in [6.45, 7) is 5.24. The Kier molecular flexibility index (Phi) is 5.24. The summed E-state index contributed by atoms with van der Waals surface area (Å²) in [5.74, 6) is -2.82. The number of aliphatic carboxylic acids is 1. The Morgan fingerprint density at radius 2 is 1.46 bits per heavy atom. The Hall–Kier alpha value is -2.82. The number of hydrogen-bond acceptors (Lipinski definition) is 3.